The molecule has 0 saturated heterocycles. The summed E-state index contributed by atoms with van der Waals surface area (Å²) in [6.45, 7) is 3.90. The second kappa shape index (κ2) is 5.98. The molecule has 2 heterocycles. The van der Waals surface area contributed by atoms with Crippen molar-refractivity contribution in [2.45, 2.75) is 13.8 Å². The molecular weight excluding hydrogens is 342 g/mol. The molecule has 1 amide bonds. The minimum Gasteiger partial charge on any atom is -0.496 e. The van der Waals surface area contributed by atoms with Crippen molar-refractivity contribution in [3.63, 3.8) is 0 Å². The molecule has 0 aliphatic carbocycles. The standard InChI is InChI=1S/C20H19N5O2/c1-10-8-9-14(27-3)11(2)17(10)25-18(21)15(19(22)26)16-20(25)24-13-7-5-4-6-12(13)23-16/h4-9H,21H2,1-3H3,(H2,22,26). The van der Waals surface area contributed by atoms with Crippen molar-refractivity contribution in [2.24, 2.45) is 5.73 Å². The Morgan fingerprint density at radius 3 is 2.37 bits per heavy atom. The fourth-order valence-corrected chi connectivity index (χ4v) is 3.51. The normalized spacial score (nSPS) is 11.2. The Kier molecular flexibility index (Phi) is 3.73. The van der Waals surface area contributed by atoms with Crippen LogP contribution in [-0.4, -0.2) is 27.6 Å². The lowest BCUT2D eigenvalue weighted by molar-refractivity contribution is 0.100. The minimum atomic E-state index is -0.640. The first-order valence-corrected chi connectivity index (χ1v) is 8.45. The van der Waals surface area contributed by atoms with Gasteiger partial charge >= 0.3 is 0 Å². The first kappa shape index (κ1) is 16.8. The van der Waals surface area contributed by atoms with Crippen molar-refractivity contribution in [3.8, 4) is 11.4 Å². The zero-order valence-electron chi connectivity index (χ0n) is 15.3. The molecule has 7 nitrogen and oxygen atoms in total. The van der Waals surface area contributed by atoms with E-state index in [0.717, 1.165) is 16.8 Å². The van der Waals surface area contributed by atoms with Crippen LogP contribution in [0.5, 0.6) is 5.75 Å². The number of hydrogen-bond donors (Lipinski definition) is 2. The summed E-state index contributed by atoms with van der Waals surface area (Å²) in [5.74, 6) is 0.289. The molecule has 0 saturated carbocycles. The molecule has 7 heteroatoms. The fourth-order valence-electron chi connectivity index (χ4n) is 3.51. The van der Waals surface area contributed by atoms with Crippen molar-refractivity contribution in [1.29, 1.82) is 0 Å². The van der Waals surface area contributed by atoms with E-state index in [2.05, 4.69) is 4.98 Å². The second-order valence-electron chi connectivity index (χ2n) is 6.40. The van der Waals surface area contributed by atoms with Crippen LogP contribution < -0.4 is 16.2 Å². The molecule has 2 aromatic carbocycles. The first-order chi connectivity index (χ1) is 12.9. The third-order valence-corrected chi connectivity index (χ3v) is 4.77. The number of ether oxygens (including phenoxy) is 1. The summed E-state index contributed by atoms with van der Waals surface area (Å²) in [6.07, 6.45) is 0. The van der Waals surface area contributed by atoms with Crippen molar-refractivity contribution in [3.05, 3.63) is 53.1 Å². The maximum absolute atomic E-state index is 12.1. The number of carbonyl (C=O) groups is 1. The van der Waals surface area contributed by atoms with Crippen molar-refractivity contribution in [1.82, 2.24) is 14.5 Å². The van der Waals surface area contributed by atoms with E-state index in [1.54, 1.807) is 11.7 Å². The average Bonchev–Trinajstić information content (AvgIpc) is 2.91. The lowest BCUT2D eigenvalue weighted by Gasteiger charge is -2.16. The number of aryl methyl sites for hydroxylation is 1. The number of methoxy groups -OCH3 is 1. The molecular formula is C20H19N5O2. The van der Waals surface area contributed by atoms with Gasteiger partial charge < -0.3 is 16.2 Å². The third-order valence-electron chi connectivity index (χ3n) is 4.77. The maximum Gasteiger partial charge on any atom is 0.254 e. The predicted octanol–water partition coefficient (Wildman–Crippen LogP) is 2.88. The minimum absolute atomic E-state index is 0.171. The summed E-state index contributed by atoms with van der Waals surface area (Å²) in [5.41, 5.74) is 17.1. The van der Waals surface area contributed by atoms with Crippen molar-refractivity contribution >= 4 is 33.9 Å². The van der Waals surface area contributed by atoms with Gasteiger partial charge in [0.25, 0.3) is 5.91 Å². The van der Waals surface area contributed by atoms with Crippen LogP contribution in [0.25, 0.3) is 27.9 Å². The largest absolute Gasteiger partial charge is 0.496 e. The monoisotopic (exact) mass is 361 g/mol. The highest BCUT2D eigenvalue weighted by molar-refractivity contribution is 6.10. The molecule has 4 rings (SSSR count). The van der Waals surface area contributed by atoms with E-state index in [9.17, 15) is 4.79 Å². The molecule has 27 heavy (non-hydrogen) atoms. The Morgan fingerprint density at radius 2 is 1.74 bits per heavy atom. The summed E-state index contributed by atoms with van der Waals surface area (Å²) >= 11 is 0. The zero-order valence-corrected chi connectivity index (χ0v) is 15.3. The van der Waals surface area contributed by atoms with Crippen molar-refractivity contribution < 1.29 is 9.53 Å². The number of nitrogen functional groups attached to an aromatic ring is 1. The smallest absolute Gasteiger partial charge is 0.254 e. The Balaban J connectivity index is 2.21. The molecule has 4 N–H and O–H groups in total. The SMILES string of the molecule is COc1ccc(C)c(-n2c(N)c(C(N)=O)c3nc4ccccc4nc32)c1C. The molecule has 4 aromatic rings. The summed E-state index contributed by atoms with van der Waals surface area (Å²) in [7, 11) is 1.61. The van der Waals surface area contributed by atoms with Crippen LogP contribution >= 0.6 is 0 Å². The zero-order chi connectivity index (χ0) is 19.3. The van der Waals surface area contributed by atoms with Gasteiger partial charge in [0.2, 0.25) is 0 Å². The number of carbonyl (C=O) groups excluding carboxylic acids is 1. The van der Waals surface area contributed by atoms with Crippen LogP contribution in [0.3, 0.4) is 0 Å². The molecule has 0 aliphatic heterocycles. The number of aromatic nitrogens is 3. The average molecular weight is 361 g/mol. The van der Waals surface area contributed by atoms with Crippen LogP contribution in [-0.2, 0) is 0 Å². The number of hydrogen-bond acceptors (Lipinski definition) is 5. The van der Waals surface area contributed by atoms with Gasteiger partial charge in [-0.1, -0.05) is 18.2 Å². The predicted molar refractivity (Wildman–Crippen MR) is 105 cm³/mol. The Hall–Kier alpha value is -3.61. The molecule has 2 aromatic heterocycles. The third kappa shape index (κ3) is 2.39. The van der Waals surface area contributed by atoms with E-state index in [4.69, 9.17) is 21.2 Å². The van der Waals surface area contributed by atoms with Crippen LogP contribution in [0.15, 0.2) is 36.4 Å². The molecule has 0 spiro atoms. The number of para-hydroxylation sites is 2. The number of nitrogens with two attached hydrogens (primary N) is 2. The van der Waals surface area contributed by atoms with E-state index < -0.39 is 5.91 Å². The highest BCUT2D eigenvalue weighted by atomic mass is 16.5. The topological polar surface area (TPSA) is 109 Å². The lowest BCUT2D eigenvalue weighted by atomic mass is 10.1. The number of primary amides is 1. The van der Waals surface area contributed by atoms with E-state index in [0.29, 0.717) is 27.9 Å². The molecule has 136 valence electrons. The molecule has 0 unspecified atom stereocenters. The molecule has 0 bridgehead atoms. The molecule has 0 fully saturated rings. The highest BCUT2D eigenvalue weighted by Crippen LogP contribution is 2.35. The molecule has 0 radical (unpaired) electrons. The van der Waals surface area contributed by atoms with E-state index in [1.165, 1.54) is 0 Å². The lowest BCUT2D eigenvalue weighted by Crippen LogP contribution is -2.14. The van der Waals surface area contributed by atoms with Gasteiger partial charge in [-0.05, 0) is 37.6 Å². The Morgan fingerprint density at radius 1 is 1.07 bits per heavy atom. The first-order valence-electron chi connectivity index (χ1n) is 8.45. The van der Waals surface area contributed by atoms with Crippen LogP contribution in [0.4, 0.5) is 5.82 Å². The summed E-state index contributed by atoms with van der Waals surface area (Å²) < 4.78 is 7.19. The summed E-state index contributed by atoms with van der Waals surface area (Å²) in [6, 6.07) is 11.3. The van der Waals surface area contributed by atoms with Crippen LogP contribution in [0.2, 0.25) is 0 Å². The number of nitrogens with zero attached hydrogens (tertiary/aromatic N) is 3. The van der Waals surface area contributed by atoms with Crippen LogP contribution in [0.1, 0.15) is 21.5 Å². The van der Waals surface area contributed by atoms with Gasteiger partial charge in [-0.15, -0.1) is 0 Å². The van der Waals surface area contributed by atoms with Gasteiger partial charge in [0, 0.05) is 5.56 Å². The fraction of sp³-hybridized carbons (Fsp3) is 0.150. The quantitative estimate of drug-likeness (QED) is 0.583. The van der Waals surface area contributed by atoms with E-state index >= 15 is 0 Å². The highest BCUT2D eigenvalue weighted by Gasteiger charge is 2.25. The van der Waals surface area contributed by atoms with Gasteiger partial charge in [-0.25, -0.2) is 9.97 Å². The number of rotatable bonds is 3. The Bertz CT molecular complexity index is 1230. The summed E-state index contributed by atoms with van der Waals surface area (Å²) in [5, 5.41) is 0. The summed E-state index contributed by atoms with van der Waals surface area (Å²) in [4.78, 5) is 21.5. The van der Waals surface area contributed by atoms with Gasteiger partial charge in [-0.3, -0.25) is 9.36 Å². The number of anilines is 1. The number of fused-ring (bicyclic) bond motifs is 2. The van der Waals surface area contributed by atoms with Crippen molar-refractivity contribution in [2.75, 3.05) is 12.8 Å². The van der Waals surface area contributed by atoms with Crippen LogP contribution in [0, 0.1) is 13.8 Å². The Labute approximate surface area is 155 Å². The van der Waals surface area contributed by atoms with Gasteiger partial charge in [0.1, 0.15) is 22.6 Å². The molecule has 0 aliphatic rings. The van der Waals surface area contributed by atoms with Gasteiger partial charge in [0.15, 0.2) is 5.65 Å². The molecule has 0 atom stereocenters. The van der Waals surface area contributed by atoms with Gasteiger partial charge in [0.05, 0.1) is 23.8 Å². The second-order valence-corrected chi connectivity index (χ2v) is 6.40. The number of benzene rings is 2. The number of amides is 1. The van der Waals surface area contributed by atoms with E-state index in [-0.39, 0.29) is 11.4 Å². The van der Waals surface area contributed by atoms with E-state index in [1.807, 2.05) is 50.2 Å². The van der Waals surface area contributed by atoms with Gasteiger partial charge in [-0.2, -0.15) is 0 Å². The maximum atomic E-state index is 12.1.